The maximum absolute atomic E-state index is 13.6. The van der Waals surface area contributed by atoms with Gasteiger partial charge in [0, 0.05) is 12.1 Å². The molecule has 29 heavy (non-hydrogen) atoms. The highest BCUT2D eigenvalue weighted by Gasteiger charge is 2.40. The van der Waals surface area contributed by atoms with Crippen molar-refractivity contribution in [2.75, 3.05) is 6.54 Å². The van der Waals surface area contributed by atoms with E-state index in [1.807, 2.05) is 0 Å². The summed E-state index contributed by atoms with van der Waals surface area (Å²) < 4.78 is 46.0. The van der Waals surface area contributed by atoms with Crippen LogP contribution in [0.15, 0.2) is 53.4 Å². The van der Waals surface area contributed by atoms with Gasteiger partial charge in [-0.05, 0) is 43.2 Å². The fourth-order valence-corrected chi connectivity index (χ4v) is 4.76. The van der Waals surface area contributed by atoms with Gasteiger partial charge in [-0.1, -0.05) is 18.2 Å². The summed E-state index contributed by atoms with van der Waals surface area (Å²) in [5.41, 5.74) is 1.82. The van der Waals surface area contributed by atoms with Crippen LogP contribution in [0, 0.1) is 5.82 Å². The molecule has 156 valence electrons. The first-order chi connectivity index (χ1) is 13.8. The van der Waals surface area contributed by atoms with Crippen LogP contribution in [0.1, 0.15) is 18.4 Å². The molecule has 1 aliphatic heterocycles. The number of aliphatic hydroxyl groups excluding tert-OH is 1. The number of benzene rings is 2. The quantitative estimate of drug-likeness (QED) is 0.477. The largest absolute Gasteiger partial charge is 0.489 e. The summed E-state index contributed by atoms with van der Waals surface area (Å²) >= 11 is 0. The SMILES string of the molecule is O=C(NO)[C@H]1C[C@@H](O)CCN1S(=O)(=O)c1ccc(OCc2ccccc2F)cc1. The molecule has 2 aromatic rings. The van der Waals surface area contributed by atoms with E-state index in [0.29, 0.717) is 11.3 Å². The molecule has 1 fully saturated rings. The third-order valence-corrected chi connectivity index (χ3v) is 6.64. The van der Waals surface area contributed by atoms with Crippen LogP contribution in [-0.2, 0) is 21.4 Å². The van der Waals surface area contributed by atoms with Crippen LogP contribution in [0.3, 0.4) is 0 Å². The first-order valence-electron chi connectivity index (χ1n) is 8.93. The highest BCUT2D eigenvalue weighted by molar-refractivity contribution is 7.89. The van der Waals surface area contributed by atoms with Crippen LogP contribution in [0.5, 0.6) is 5.75 Å². The van der Waals surface area contributed by atoms with Crippen LogP contribution in [-0.4, -0.2) is 47.6 Å². The van der Waals surface area contributed by atoms with Crippen LogP contribution in [0.4, 0.5) is 4.39 Å². The van der Waals surface area contributed by atoms with Gasteiger partial charge < -0.3 is 9.84 Å². The molecule has 1 aliphatic rings. The molecule has 1 heterocycles. The van der Waals surface area contributed by atoms with Gasteiger partial charge in [0.25, 0.3) is 5.91 Å². The monoisotopic (exact) mass is 424 g/mol. The van der Waals surface area contributed by atoms with Crippen molar-refractivity contribution >= 4 is 15.9 Å². The number of nitrogens with one attached hydrogen (secondary N) is 1. The van der Waals surface area contributed by atoms with E-state index in [1.165, 1.54) is 35.8 Å². The van der Waals surface area contributed by atoms with Crippen molar-refractivity contribution in [1.29, 1.82) is 0 Å². The molecule has 2 atom stereocenters. The molecule has 1 saturated heterocycles. The standard InChI is InChI=1S/C19H21FN2O6S/c20-17-4-2-1-3-13(17)12-28-15-5-7-16(8-6-15)29(26,27)22-10-9-14(23)11-18(22)19(24)21-25/h1-8,14,18,23,25H,9-12H2,(H,21,24)/t14-,18+/m0/s1. The second-order valence-corrected chi connectivity index (χ2v) is 8.53. The van der Waals surface area contributed by atoms with E-state index in [9.17, 15) is 22.7 Å². The summed E-state index contributed by atoms with van der Waals surface area (Å²) in [7, 11) is -4.05. The molecule has 0 unspecified atom stereocenters. The van der Waals surface area contributed by atoms with Crippen LogP contribution in [0.25, 0.3) is 0 Å². The Morgan fingerprint density at radius 2 is 1.90 bits per heavy atom. The molecule has 10 heteroatoms. The highest BCUT2D eigenvalue weighted by atomic mass is 32.2. The molecule has 0 aliphatic carbocycles. The maximum Gasteiger partial charge on any atom is 0.261 e. The van der Waals surface area contributed by atoms with Crippen molar-refractivity contribution in [1.82, 2.24) is 9.79 Å². The minimum atomic E-state index is -4.05. The van der Waals surface area contributed by atoms with Gasteiger partial charge in [-0.2, -0.15) is 4.31 Å². The summed E-state index contributed by atoms with van der Waals surface area (Å²) in [6.07, 6.45) is -0.772. The number of sulfonamides is 1. The van der Waals surface area contributed by atoms with Gasteiger partial charge in [0.1, 0.15) is 24.2 Å². The van der Waals surface area contributed by atoms with Crippen molar-refractivity contribution in [2.24, 2.45) is 0 Å². The van der Waals surface area contributed by atoms with Crippen LogP contribution >= 0.6 is 0 Å². The Morgan fingerprint density at radius 1 is 1.21 bits per heavy atom. The lowest BCUT2D eigenvalue weighted by atomic mass is 10.0. The third-order valence-electron chi connectivity index (χ3n) is 4.72. The lowest BCUT2D eigenvalue weighted by Gasteiger charge is -2.35. The molecule has 8 nitrogen and oxygen atoms in total. The molecule has 1 amide bonds. The summed E-state index contributed by atoms with van der Waals surface area (Å²) in [4.78, 5) is 11.8. The van der Waals surface area contributed by atoms with Gasteiger partial charge in [0.15, 0.2) is 0 Å². The molecule has 0 saturated carbocycles. The second-order valence-electron chi connectivity index (χ2n) is 6.64. The van der Waals surface area contributed by atoms with Crippen LogP contribution in [0.2, 0.25) is 0 Å². The van der Waals surface area contributed by atoms with Gasteiger partial charge in [0.2, 0.25) is 10.0 Å². The molecule has 3 rings (SSSR count). The van der Waals surface area contributed by atoms with Crippen LogP contribution < -0.4 is 10.2 Å². The molecule has 0 spiro atoms. The zero-order valence-corrected chi connectivity index (χ0v) is 16.2. The number of carbonyl (C=O) groups is 1. The number of amides is 1. The van der Waals surface area contributed by atoms with E-state index in [-0.39, 0.29) is 30.9 Å². The summed E-state index contributed by atoms with van der Waals surface area (Å²) in [6, 6.07) is 10.5. The number of piperidine rings is 1. The predicted octanol–water partition coefficient (Wildman–Crippen LogP) is 1.42. The molecular weight excluding hydrogens is 403 g/mol. The minimum absolute atomic E-state index is 0.0124. The highest BCUT2D eigenvalue weighted by Crippen LogP contribution is 2.27. The number of ether oxygens (including phenoxy) is 1. The van der Waals surface area contributed by atoms with E-state index >= 15 is 0 Å². The van der Waals surface area contributed by atoms with E-state index in [0.717, 1.165) is 4.31 Å². The van der Waals surface area contributed by atoms with Gasteiger partial charge in [-0.25, -0.2) is 18.3 Å². The molecule has 0 aromatic heterocycles. The fourth-order valence-electron chi connectivity index (χ4n) is 3.15. The van der Waals surface area contributed by atoms with E-state index in [4.69, 9.17) is 9.94 Å². The number of hydroxylamine groups is 1. The Bertz CT molecular complexity index is 967. The van der Waals surface area contributed by atoms with Gasteiger partial charge in [0.05, 0.1) is 11.0 Å². The number of halogens is 1. The lowest BCUT2D eigenvalue weighted by molar-refractivity contribution is -0.135. The molecule has 0 radical (unpaired) electrons. The Hall–Kier alpha value is -2.53. The first-order valence-corrected chi connectivity index (χ1v) is 10.4. The Balaban J connectivity index is 1.75. The van der Waals surface area contributed by atoms with Gasteiger partial charge in [-0.15, -0.1) is 0 Å². The van der Waals surface area contributed by atoms with Crippen molar-refractivity contribution in [3.8, 4) is 5.75 Å². The summed E-state index contributed by atoms with van der Waals surface area (Å²) in [6.45, 7) is -0.0748. The van der Waals surface area contributed by atoms with Crippen molar-refractivity contribution in [2.45, 2.75) is 36.5 Å². The summed E-state index contributed by atoms with van der Waals surface area (Å²) in [5.74, 6) is -0.949. The number of nitrogens with zero attached hydrogens (tertiary/aromatic N) is 1. The number of hydrogen-bond acceptors (Lipinski definition) is 6. The van der Waals surface area contributed by atoms with E-state index < -0.39 is 33.9 Å². The smallest absolute Gasteiger partial charge is 0.261 e. The van der Waals surface area contributed by atoms with Crippen molar-refractivity contribution in [3.05, 3.63) is 59.9 Å². The molecular formula is C19H21FN2O6S. The van der Waals surface area contributed by atoms with Gasteiger partial charge >= 0.3 is 0 Å². The lowest BCUT2D eigenvalue weighted by Crippen LogP contribution is -2.54. The average Bonchev–Trinajstić information content (AvgIpc) is 2.72. The molecule has 0 bridgehead atoms. The Kier molecular flexibility index (Phi) is 6.48. The number of carbonyl (C=O) groups excluding carboxylic acids is 1. The topological polar surface area (TPSA) is 116 Å². The van der Waals surface area contributed by atoms with Crippen molar-refractivity contribution < 1.29 is 32.7 Å². The van der Waals surface area contributed by atoms with Gasteiger partial charge in [-0.3, -0.25) is 10.0 Å². The number of aliphatic hydroxyl groups is 1. The molecule has 3 N–H and O–H groups in total. The Labute approximate surface area is 167 Å². The maximum atomic E-state index is 13.6. The third kappa shape index (κ3) is 4.73. The molecule has 2 aromatic carbocycles. The summed E-state index contributed by atoms with van der Waals surface area (Å²) in [5, 5.41) is 18.7. The zero-order valence-electron chi connectivity index (χ0n) is 15.4. The predicted molar refractivity (Wildman–Crippen MR) is 100 cm³/mol. The first kappa shape index (κ1) is 21.2. The second kappa shape index (κ2) is 8.87. The number of hydrogen-bond donors (Lipinski definition) is 3. The number of rotatable bonds is 6. The average molecular weight is 424 g/mol. The Morgan fingerprint density at radius 3 is 2.55 bits per heavy atom. The minimum Gasteiger partial charge on any atom is -0.489 e. The normalized spacial score (nSPS) is 20.2. The zero-order chi connectivity index (χ0) is 21.0. The van der Waals surface area contributed by atoms with E-state index in [1.54, 1.807) is 18.2 Å². The fraction of sp³-hybridized carbons (Fsp3) is 0.316. The van der Waals surface area contributed by atoms with E-state index in [2.05, 4.69) is 0 Å². The van der Waals surface area contributed by atoms with Crippen molar-refractivity contribution in [3.63, 3.8) is 0 Å².